The van der Waals surface area contributed by atoms with E-state index in [1.54, 1.807) is 23.5 Å². The minimum atomic E-state index is -0.931. The number of hydrogen-bond acceptors (Lipinski definition) is 8. The molecule has 0 spiro atoms. The normalized spacial score (nSPS) is 27.4. The predicted octanol–water partition coefficient (Wildman–Crippen LogP) is 11.2. The average molecular weight is 966 g/mol. The van der Waals surface area contributed by atoms with Crippen LogP contribution < -0.4 is 0 Å². The van der Waals surface area contributed by atoms with Crippen molar-refractivity contribution in [3.05, 3.63) is 201 Å². The van der Waals surface area contributed by atoms with Gasteiger partial charge in [-0.1, -0.05) is 147 Å². The van der Waals surface area contributed by atoms with E-state index in [4.69, 9.17) is 5.11 Å². The molecule has 1 N–H and O–H groups in total. The van der Waals surface area contributed by atoms with Gasteiger partial charge in [0.1, 0.15) is 0 Å². The van der Waals surface area contributed by atoms with Gasteiger partial charge in [0, 0.05) is 40.4 Å². The smallest absolute Gasteiger partial charge is 0.335 e. The number of benzene rings is 5. The molecule has 6 aromatic rings. The lowest BCUT2D eigenvalue weighted by Crippen LogP contribution is -2.57. The van der Waals surface area contributed by atoms with Gasteiger partial charge >= 0.3 is 5.97 Å². The third kappa shape index (κ3) is 10.3. The molecular formula is C62H67N3O5S. The lowest BCUT2D eigenvalue weighted by Gasteiger charge is -2.47. The first kappa shape index (κ1) is 48.8. The molecule has 0 radical (unpaired) electrons. The number of piperidine rings is 9. The molecule has 0 saturated carbocycles. The van der Waals surface area contributed by atoms with E-state index in [0.717, 1.165) is 102 Å². The van der Waals surface area contributed by atoms with E-state index >= 15 is 0 Å². The van der Waals surface area contributed by atoms with Gasteiger partial charge < -0.3 is 5.11 Å². The number of carboxylic acid groups (broad SMARTS) is 1. The Kier molecular flexibility index (Phi) is 15.3. The van der Waals surface area contributed by atoms with Crippen LogP contribution in [0.3, 0.4) is 0 Å². The molecule has 71 heavy (non-hydrogen) atoms. The Balaban J connectivity index is 0.000000123. The fraction of sp³-hybridized carbons (Fsp3) is 0.387. The summed E-state index contributed by atoms with van der Waals surface area (Å²) in [6, 6.07) is 51.2. The summed E-state index contributed by atoms with van der Waals surface area (Å²) in [4.78, 5) is 58.7. The summed E-state index contributed by atoms with van der Waals surface area (Å²) in [6.45, 7) is 8.47. The van der Waals surface area contributed by atoms with Crippen LogP contribution >= 0.6 is 11.3 Å². The van der Waals surface area contributed by atoms with Crippen molar-refractivity contribution in [2.24, 2.45) is 17.8 Å². The first-order valence-corrected chi connectivity index (χ1v) is 27.1. The summed E-state index contributed by atoms with van der Waals surface area (Å²) in [5.41, 5.74) is 7.67. The number of aromatic carboxylic acids is 1. The number of rotatable bonds is 12. The minimum absolute atomic E-state index is 0.00732. The Morgan fingerprint density at radius 2 is 0.887 bits per heavy atom. The number of Topliss-reactive ketones (excluding diaryl/α,β-unsaturated/α-hetero) is 3. The van der Waals surface area contributed by atoms with E-state index < -0.39 is 5.97 Å². The van der Waals surface area contributed by atoms with E-state index in [1.807, 2.05) is 36.4 Å². The summed E-state index contributed by atoms with van der Waals surface area (Å²) in [7, 11) is 0. The largest absolute Gasteiger partial charge is 0.478 e. The fourth-order valence-electron chi connectivity index (χ4n) is 13.0. The number of ketones is 3. The van der Waals surface area contributed by atoms with Crippen molar-refractivity contribution in [3.63, 3.8) is 0 Å². The maximum Gasteiger partial charge on any atom is 0.335 e. The molecule has 9 fully saturated rings. The van der Waals surface area contributed by atoms with Crippen molar-refractivity contribution in [2.75, 3.05) is 39.3 Å². The van der Waals surface area contributed by atoms with Crippen LogP contribution in [0.2, 0.25) is 0 Å². The van der Waals surface area contributed by atoms with Crippen LogP contribution in [0.4, 0.5) is 0 Å². The van der Waals surface area contributed by atoms with Crippen molar-refractivity contribution < 1.29 is 24.3 Å². The van der Waals surface area contributed by atoms with Crippen LogP contribution in [0.25, 0.3) is 0 Å². The Morgan fingerprint density at radius 1 is 0.493 bits per heavy atom. The van der Waals surface area contributed by atoms with Gasteiger partial charge in [0.05, 0.1) is 23.7 Å². The molecule has 8 nitrogen and oxygen atoms in total. The van der Waals surface area contributed by atoms with Crippen LogP contribution in [0.1, 0.15) is 118 Å². The highest BCUT2D eigenvalue weighted by molar-refractivity contribution is 7.10. The molecule has 5 aromatic carbocycles. The van der Waals surface area contributed by atoms with Crippen molar-refractivity contribution in [1.82, 2.24) is 14.7 Å². The molecule has 0 amide bonds. The van der Waals surface area contributed by atoms with Crippen LogP contribution in [0, 0.1) is 17.8 Å². The molecule has 9 saturated heterocycles. The Morgan fingerprint density at radius 3 is 1.31 bits per heavy atom. The number of hydrogen-bond donors (Lipinski definition) is 1. The Labute approximate surface area is 423 Å². The molecular weight excluding hydrogens is 899 g/mol. The molecule has 366 valence electrons. The molecule has 15 rings (SSSR count). The van der Waals surface area contributed by atoms with E-state index in [-0.39, 0.29) is 53.3 Å². The van der Waals surface area contributed by atoms with E-state index in [9.17, 15) is 19.2 Å². The van der Waals surface area contributed by atoms with Crippen molar-refractivity contribution in [1.29, 1.82) is 0 Å². The van der Waals surface area contributed by atoms with Crippen molar-refractivity contribution in [3.8, 4) is 0 Å². The quantitative estimate of drug-likeness (QED) is 0.130. The highest BCUT2D eigenvalue weighted by Crippen LogP contribution is 2.44. The molecule has 9 heteroatoms. The third-order valence-electron chi connectivity index (χ3n) is 16.5. The number of carboxylic acids is 1. The van der Waals surface area contributed by atoms with Crippen molar-refractivity contribution in [2.45, 2.75) is 94.2 Å². The average Bonchev–Trinajstić information content (AvgIpc) is 3.96. The summed E-state index contributed by atoms with van der Waals surface area (Å²) in [5, 5.41) is 11.3. The molecule has 9 aliphatic rings. The predicted molar refractivity (Wildman–Crippen MR) is 282 cm³/mol. The summed E-state index contributed by atoms with van der Waals surface area (Å²) < 4.78 is 0. The van der Waals surface area contributed by atoms with Crippen LogP contribution in [-0.4, -0.2) is 101 Å². The van der Waals surface area contributed by atoms with Gasteiger partial charge in [-0.15, -0.1) is 11.3 Å². The number of thiophene rings is 1. The van der Waals surface area contributed by atoms with Gasteiger partial charge in [0.15, 0.2) is 17.3 Å². The molecule has 6 bridgehead atoms. The number of carbonyl (C=O) groups is 4. The lowest BCUT2D eigenvalue weighted by molar-refractivity contribution is -0.138. The Hall–Kier alpha value is -5.84. The van der Waals surface area contributed by atoms with Gasteiger partial charge in [-0.05, 0) is 141 Å². The zero-order valence-corrected chi connectivity index (χ0v) is 41.8. The first-order chi connectivity index (χ1) is 34.8. The molecule has 0 aliphatic carbocycles. The first-order valence-electron chi connectivity index (χ1n) is 26.2. The molecule has 1 aromatic heterocycles. The van der Waals surface area contributed by atoms with Gasteiger partial charge in [-0.2, -0.15) is 0 Å². The Bertz CT molecular complexity index is 2720. The minimum Gasteiger partial charge on any atom is -0.478 e. The van der Waals surface area contributed by atoms with Gasteiger partial charge in [-0.25, -0.2) is 4.79 Å². The maximum atomic E-state index is 13.2. The molecule has 6 unspecified atom stereocenters. The standard InChI is InChI=1S/C23H27NO.C21H21NO3.C18H19NOS/c1-2-8-17-9-6-7-12-20(17)21(18-10-4-3-5-11-18)22-23(25)19-13-15-24(22)16-14-19;23-20-16-10-12-22(13-11-16)19(20)18(14-4-2-1-3-5-14)15-6-8-17(9-7-15)21(24)25;20-18-14-8-10-19(11-9-14)17(18)16(15-7-4-12-21-15)13-5-2-1-3-6-13/h3-7,9-12,19,21-22H,2,8,13-16H2,1H3;1-9,16,18-19H,10-13H2,(H,24,25);1-7,12,14,16-17H,8-11H2. The second kappa shape index (κ2) is 22.3. The molecule has 9 aliphatic heterocycles. The molecule has 6 atom stereocenters. The zero-order chi connectivity index (χ0) is 48.8. The summed E-state index contributed by atoms with van der Waals surface area (Å²) >= 11 is 1.77. The SMILES string of the molecule is CCCc1ccccc1C(c1ccccc1)C1C(=O)C2CCN1CC2.O=C(O)c1ccc(C(c2ccccc2)C2C(=O)C3CCN2CC3)cc1.O=C1C2CCN(CC2)C1C(c1ccccc1)c1cccs1. The monoisotopic (exact) mass is 965 g/mol. The number of fused-ring (bicyclic) bond motifs is 9. The second-order valence-electron chi connectivity index (χ2n) is 20.5. The number of aryl methyl sites for hydroxylation is 1. The molecule has 10 heterocycles. The summed E-state index contributed by atoms with van der Waals surface area (Å²) in [5.74, 6) is 1.40. The van der Waals surface area contributed by atoms with Crippen LogP contribution in [0.15, 0.2) is 157 Å². The number of carbonyl (C=O) groups excluding carboxylic acids is 3. The van der Waals surface area contributed by atoms with Gasteiger partial charge in [0.2, 0.25) is 0 Å². The van der Waals surface area contributed by atoms with Gasteiger partial charge in [-0.3, -0.25) is 29.1 Å². The number of nitrogens with zero attached hydrogens (tertiary/aromatic N) is 3. The van der Waals surface area contributed by atoms with E-state index in [1.165, 1.54) is 27.1 Å². The fourth-order valence-corrected chi connectivity index (χ4v) is 13.9. The van der Waals surface area contributed by atoms with Crippen LogP contribution in [-0.2, 0) is 20.8 Å². The maximum absolute atomic E-state index is 13.2. The van der Waals surface area contributed by atoms with Gasteiger partial charge in [0.25, 0.3) is 0 Å². The second-order valence-corrected chi connectivity index (χ2v) is 21.5. The summed E-state index contributed by atoms with van der Waals surface area (Å²) in [6.07, 6.45) is 8.35. The third-order valence-corrected chi connectivity index (χ3v) is 17.5. The van der Waals surface area contributed by atoms with E-state index in [0.29, 0.717) is 23.3 Å². The highest BCUT2D eigenvalue weighted by Gasteiger charge is 2.48. The zero-order valence-electron chi connectivity index (χ0n) is 40.9. The van der Waals surface area contributed by atoms with Crippen LogP contribution in [0.5, 0.6) is 0 Å². The lowest BCUT2D eigenvalue weighted by atomic mass is 9.72. The van der Waals surface area contributed by atoms with Crippen molar-refractivity contribution >= 4 is 34.7 Å². The van der Waals surface area contributed by atoms with E-state index in [2.05, 4.69) is 130 Å². The highest BCUT2D eigenvalue weighted by atomic mass is 32.1. The topological polar surface area (TPSA) is 98.2 Å².